The molecular weight excluding hydrogens is 398 g/mol. The Hall–Kier alpha value is -3.53. The number of hydrogen-bond donors (Lipinski definition) is 0. The van der Waals surface area contributed by atoms with Gasteiger partial charge in [0.05, 0.1) is 42.9 Å². The van der Waals surface area contributed by atoms with Crippen molar-refractivity contribution in [1.29, 1.82) is 0 Å². The summed E-state index contributed by atoms with van der Waals surface area (Å²) >= 11 is 0. The molecule has 1 atom stereocenters. The fraction of sp³-hybridized carbons (Fsp3) is 0.381. The number of aryl methyl sites for hydroxylation is 3. The van der Waals surface area contributed by atoms with E-state index in [2.05, 4.69) is 15.2 Å². The Morgan fingerprint density at radius 2 is 2.10 bits per heavy atom. The second kappa shape index (κ2) is 7.31. The molecule has 0 saturated carbocycles. The summed E-state index contributed by atoms with van der Waals surface area (Å²) in [5.41, 5.74) is 4.17. The number of esters is 1. The average Bonchev–Trinajstić information content (AvgIpc) is 3.40. The number of hydrogen-bond acceptors (Lipinski definition) is 7. The van der Waals surface area contributed by atoms with Crippen LogP contribution in [0.4, 0.5) is 0 Å². The Kier molecular flexibility index (Phi) is 4.58. The van der Waals surface area contributed by atoms with Crippen molar-refractivity contribution >= 4 is 16.9 Å². The van der Waals surface area contributed by atoms with Crippen molar-refractivity contribution in [3.63, 3.8) is 0 Å². The van der Waals surface area contributed by atoms with Crippen LogP contribution >= 0.6 is 0 Å². The number of imidazole rings is 1. The molecule has 1 aliphatic heterocycles. The first kappa shape index (κ1) is 19.4. The van der Waals surface area contributed by atoms with Gasteiger partial charge in [0.15, 0.2) is 11.5 Å². The SMILES string of the molecule is COC(=O)c1cc2c(cnn2C)c(-c2nc(-c3cc(C)nn3C[C@H]3CCO3)cn2C)n1. The number of nitrogens with zero attached hydrogens (tertiary/aromatic N) is 7. The van der Waals surface area contributed by atoms with E-state index < -0.39 is 5.97 Å². The Morgan fingerprint density at radius 1 is 1.29 bits per heavy atom. The maximum atomic E-state index is 12.2. The molecule has 10 heteroatoms. The molecule has 160 valence electrons. The number of methoxy groups -OCH3 is 1. The Balaban J connectivity index is 1.63. The van der Waals surface area contributed by atoms with Crippen LogP contribution in [0.1, 0.15) is 22.6 Å². The minimum Gasteiger partial charge on any atom is -0.464 e. The number of carbonyl (C=O) groups excluding carboxylic acids is 1. The van der Waals surface area contributed by atoms with Crippen molar-refractivity contribution in [3.05, 3.63) is 35.9 Å². The summed E-state index contributed by atoms with van der Waals surface area (Å²) in [5.74, 6) is 0.122. The van der Waals surface area contributed by atoms with Gasteiger partial charge in [-0.2, -0.15) is 10.2 Å². The first-order valence-electron chi connectivity index (χ1n) is 10.1. The van der Waals surface area contributed by atoms with Crippen molar-refractivity contribution in [2.75, 3.05) is 13.7 Å². The fourth-order valence-corrected chi connectivity index (χ4v) is 3.84. The second-order valence-electron chi connectivity index (χ2n) is 7.74. The first-order chi connectivity index (χ1) is 14.9. The molecular formula is C21H23N7O3. The van der Waals surface area contributed by atoms with Crippen LogP contribution in [0.2, 0.25) is 0 Å². The molecule has 4 aromatic rings. The Morgan fingerprint density at radius 3 is 2.81 bits per heavy atom. The van der Waals surface area contributed by atoms with E-state index in [0.717, 1.165) is 41.0 Å². The van der Waals surface area contributed by atoms with Crippen molar-refractivity contribution in [3.8, 4) is 22.9 Å². The van der Waals surface area contributed by atoms with Crippen LogP contribution < -0.4 is 0 Å². The predicted octanol–water partition coefficient (Wildman–Crippen LogP) is 2.12. The van der Waals surface area contributed by atoms with Gasteiger partial charge < -0.3 is 14.0 Å². The van der Waals surface area contributed by atoms with E-state index in [1.165, 1.54) is 7.11 Å². The third kappa shape index (κ3) is 3.28. The van der Waals surface area contributed by atoms with Gasteiger partial charge in [0.25, 0.3) is 0 Å². The predicted molar refractivity (Wildman–Crippen MR) is 112 cm³/mol. The van der Waals surface area contributed by atoms with Gasteiger partial charge in [0.2, 0.25) is 0 Å². The molecule has 1 fully saturated rings. The van der Waals surface area contributed by atoms with Crippen molar-refractivity contribution in [1.82, 2.24) is 34.1 Å². The van der Waals surface area contributed by atoms with Gasteiger partial charge in [-0.1, -0.05) is 0 Å². The molecule has 0 amide bonds. The van der Waals surface area contributed by atoms with E-state index in [4.69, 9.17) is 14.5 Å². The molecule has 0 unspecified atom stereocenters. The molecule has 0 N–H and O–H groups in total. The van der Waals surface area contributed by atoms with E-state index in [-0.39, 0.29) is 11.8 Å². The maximum Gasteiger partial charge on any atom is 0.356 e. The summed E-state index contributed by atoms with van der Waals surface area (Å²) in [5, 5.41) is 9.76. The van der Waals surface area contributed by atoms with Crippen LogP contribution in [-0.4, -0.2) is 59.9 Å². The van der Waals surface area contributed by atoms with Gasteiger partial charge in [-0.25, -0.2) is 14.8 Å². The molecule has 0 spiro atoms. The highest BCUT2D eigenvalue weighted by Crippen LogP contribution is 2.30. The molecule has 5 rings (SSSR count). The molecule has 4 aromatic heterocycles. The molecule has 31 heavy (non-hydrogen) atoms. The van der Waals surface area contributed by atoms with Crippen LogP contribution in [0.25, 0.3) is 33.8 Å². The monoisotopic (exact) mass is 421 g/mol. The highest BCUT2D eigenvalue weighted by molar-refractivity contribution is 5.97. The van der Waals surface area contributed by atoms with Gasteiger partial charge in [-0.15, -0.1) is 0 Å². The van der Waals surface area contributed by atoms with Crippen LogP contribution in [-0.2, 0) is 30.1 Å². The number of rotatable bonds is 5. The van der Waals surface area contributed by atoms with Crippen molar-refractivity contribution in [2.45, 2.75) is 26.0 Å². The number of carbonyl (C=O) groups is 1. The lowest BCUT2D eigenvalue weighted by atomic mass is 10.2. The largest absolute Gasteiger partial charge is 0.464 e. The number of aromatic nitrogens is 7. The van der Waals surface area contributed by atoms with Gasteiger partial charge in [-0.3, -0.25) is 9.36 Å². The summed E-state index contributed by atoms with van der Waals surface area (Å²) in [6, 6.07) is 3.70. The smallest absolute Gasteiger partial charge is 0.356 e. The standard InChI is InChI=1S/C21H23N7O3/c1-12-7-18(28(25-12)10-13-5-6-31-13)16-11-26(2)20(24-16)19-14-9-22-27(3)17(14)8-15(23-19)21(29)30-4/h7-9,11,13H,5-6,10H2,1-4H3/t13-/m1/s1. The zero-order valence-corrected chi connectivity index (χ0v) is 17.9. The van der Waals surface area contributed by atoms with Gasteiger partial charge in [0.1, 0.15) is 11.4 Å². The fourth-order valence-electron chi connectivity index (χ4n) is 3.84. The van der Waals surface area contributed by atoms with E-state index in [1.54, 1.807) is 16.9 Å². The quantitative estimate of drug-likeness (QED) is 0.455. The molecule has 0 aromatic carbocycles. The van der Waals surface area contributed by atoms with E-state index >= 15 is 0 Å². The lowest BCUT2D eigenvalue weighted by Crippen LogP contribution is -2.31. The number of pyridine rings is 1. The minimum absolute atomic E-state index is 0.189. The van der Waals surface area contributed by atoms with Gasteiger partial charge in [0, 0.05) is 32.3 Å². The summed E-state index contributed by atoms with van der Waals surface area (Å²) in [4.78, 5) is 21.6. The highest BCUT2D eigenvalue weighted by atomic mass is 16.5. The van der Waals surface area contributed by atoms with Crippen LogP contribution in [0.15, 0.2) is 24.5 Å². The first-order valence-corrected chi connectivity index (χ1v) is 10.1. The molecule has 0 bridgehead atoms. The van der Waals surface area contributed by atoms with Crippen molar-refractivity contribution in [2.24, 2.45) is 14.1 Å². The Bertz CT molecular complexity index is 1300. The summed E-state index contributed by atoms with van der Waals surface area (Å²) in [6.45, 7) is 3.46. The molecule has 1 aliphatic rings. The number of fused-ring (bicyclic) bond motifs is 1. The van der Waals surface area contributed by atoms with Crippen molar-refractivity contribution < 1.29 is 14.3 Å². The Labute approximate surface area is 178 Å². The molecule has 0 aliphatic carbocycles. The average molecular weight is 421 g/mol. The van der Waals surface area contributed by atoms with Crippen LogP contribution in [0.3, 0.4) is 0 Å². The number of ether oxygens (including phenoxy) is 2. The summed E-state index contributed by atoms with van der Waals surface area (Å²) in [6.07, 6.45) is 4.90. The minimum atomic E-state index is -0.506. The lowest BCUT2D eigenvalue weighted by Gasteiger charge is -2.26. The van der Waals surface area contributed by atoms with Crippen LogP contribution in [0.5, 0.6) is 0 Å². The topological polar surface area (TPSA) is 102 Å². The second-order valence-corrected chi connectivity index (χ2v) is 7.74. The molecule has 0 radical (unpaired) electrons. The lowest BCUT2D eigenvalue weighted by molar-refractivity contribution is -0.0606. The third-order valence-corrected chi connectivity index (χ3v) is 5.56. The molecule has 10 nitrogen and oxygen atoms in total. The molecule has 5 heterocycles. The van der Waals surface area contributed by atoms with E-state index in [0.29, 0.717) is 18.1 Å². The third-order valence-electron chi connectivity index (χ3n) is 5.56. The van der Waals surface area contributed by atoms with Crippen LogP contribution in [0, 0.1) is 6.92 Å². The maximum absolute atomic E-state index is 12.2. The highest BCUT2D eigenvalue weighted by Gasteiger charge is 2.24. The molecule has 1 saturated heterocycles. The normalized spacial score (nSPS) is 15.9. The van der Waals surface area contributed by atoms with E-state index in [1.807, 2.05) is 42.5 Å². The zero-order valence-electron chi connectivity index (χ0n) is 17.9. The zero-order chi connectivity index (χ0) is 21.7. The van der Waals surface area contributed by atoms with Gasteiger partial charge >= 0.3 is 5.97 Å². The van der Waals surface area contributed by atoms with Gasteiger partial charge in [-0.05, 0) is 25.5 Å². The summed E-state index contributed by atoms with van der Waals surface area (Å²) < 4.78 is 16.0. The van der Waals surface area contributed by atoms with E-state index in [9.17, 15) is 4.79 Å². The summed E-state index contributed by atoms with van der Waals surface area (Å²) in [7, 11) is 5.06.